The first-order chi connectivity index (χ1) is 8.93. The molecule has 1 aliphatic rings. The minimum absolute atomic E-state index is 0.708. The highest BCUT2D eigenvalue weighted by Crippen LogP contribution is 2.35. The molecule has 0 saturated heterocycles. The van der Waals surface area contributed by atoms with Gasteiger partial charge >= 0.3 is 0 Å². The number of pyridine rings is 1. The van der Waals surface area contributed by atoms with E-state index in [-0.39, 0.29) is 0 Å². The lowest BCUT2D eigenvalue weighted by Gasteiger charge is -2.07. The maximum absolute atomic E-state index is 4.31. The molecule has 1 saturated carbocycles. The maximum atomic E-state index is 4.31. The summed E-state index contributed by atoms with van der Waals surface area (Å²) in [6.45, 7) is 1.84. The van der Waals surface area contributed by atoms with Crippen molar-refractivity contribution in [3.8, 4) is 0 Å². The van der Waals surface area contributed by atoms with E-state index < -0.39 is 0 Å². The van der Waals surface area contributed by atoms with Crippen LogP contribution in [0.25, 0.3) is 0 Å². The Bertz CT molecular complexity index is 488. The molecule has 0 aromatic carbocycles. The first-order valence-corrected chi connectivity index (χ1v) is 6.55. The van der Waals surface area contributed by atoms with Gasteiger partial charge in [-0.2, -0.15) is 0 Å². The van der Waals surface area contributed by atoms with Gasteiger partial charge in [0.05, 0.1) is 12.0 Å². The lowest BCUT2D eigenvalue weighted by Crippen LogP contribution is -2.19. The van der Waals surface area contributed by atoms with Crippen molar-refractivity contribution in [3.63, 3.8) is 0 Å². The molecule has 1 aliphatic carbocycles. The van der Waals surface area contributed by atoms with Crippen LogP contribution in [0.2, 0.25) is 0 Å². The number of rotatable bonds is 6. The Morgan fingerprint density at radius 2 is 2.28 bits per heavy atom. The molecular formula is C14H18N4. The van der Waals surface area contributed by atoms with E-state index in [2.05, 4.69) is 25.9 Å². The average Bonchev–Trinajstić information content (AvgIpc) is 3.16. The summed E-state index contributed by atoms with van der Waals surface area (Å²) in [6, 6.07) is 6.76. The van der Waals surface area contributed by atoms with Crippen molar-refractivity contribution in [2.75, 3.05) is 6.54 Å². The number of hydrogen-bond donors (Lipinski definition) is 1. The molecule has 0 atom stereocenters. The van der Waals surface area contributed by atoms with E-state index in [0.29, 0.717) is 6.04 Å². The Morgan fingerprint density at radius 1 is 1.33 bits per heavy atom. The summed E-state index contributed by atoms with van der Waals surface area (Å²) >= 11 is 0. The summed E-state index contributed by atoms with van der Waals surface area (Å²) in [5.41, 5.74) is 2.43. The van der Waals surface area contributed by atoms with E-state index in [1.807, 2.05) is 30.9 Å². The molecular weight excluding hydrogens is 224 g/mol. The van der Waals surface area contributed by atoms with Gasteiger partial charge in [-0.1, -0.05) is 6.07 Å². The van der Waals surface area contributed by atoms with Gasteiger partial charge in [-0.15, -0.1) is 0 Å². The van der Waals surface area contributed by atoms with E-state index in [1.165, 1.54) is 18.5 Å². The number of imidazole rings is 1. The van der Waals surface area contributed by atoms with Crippen LogP contribution < -0.4 is 5.32 Å². The minimum Gasteiger partial charge on any atom is -0.330 e. The van der Waals surface area contributed by atoms with Gasteiger partial charge in [0.15, 0.2) is 0 Å². The van der Waals surface area contributed by atoms with E-state index in [1.54, 1.807) is 0 Å². The minimum atomic E-state index is 0.708. The number of aromatic nitrogens is 3. The fourth-order valence-corrected chi connectivity index (χ4v) is 2.13. The smallest absolute Gasteiger partial charge is 0.0951 e. The molecule has 0 aliphatic heterocycles. The second kappa shape index (κ2) is 5.31. The van der Waals surface area contributed by atoms with Crippen molar-refractivity contribution in [2.24, 2.45) is 0 Å². The fourth-order valence-electron chi connectivity index (χ4n) is 2.13. The Morgan fingerprint density at radius 3 is 3.06 bits per heavy atom. The third-order valence-electron chi connectivity index (χ3n) is 3.28. The third kappa shape index (κ3) is 2.76. The Balaban J connectivity index is 1.45. The molecule has 4 heteroatoms. The second-order valence-corrected chi connectivity index (χ2v) is 4.77. The van der Waals surface area contributed by atoms with Gasteiger partial charge in [0.2, 0.25) is 0 Å². The molecule has 0 unspecified atom stereocenters. The zero-order valence-corrected chi connectivity index (χ0v) is 10.4. The van der Waals surface area contributed by atoms with Gasteiger partial charge in [0, 0.05) is 43.6 Å². The SMILES string of the molecule is c1ccc(CCNCc2cncn2C2CC2)nc1. The second-order valence-electron chi connectivity index (χ2n) is 4.77. The number of nitrogens with zero attached hydrogens (tertiary/aromatic N) is 3. The Hall–Kier alpha value is -1.68. The summed E-state index contributed by atoms with van der Waals surface area (Å²) in [5.74, 6) is 0. The van der Waals surface area contributed by atoms with Crippen LogP contribution in [0.1, 0.15) is 30.3 Å². The van der Waals surface area contributed by atoms with Gasteiger partial charge in [0.1, 0.15) is 0 Å². The molecule has 94 valence electrons. The molecule has 1 N–H and O–H groups in total. The summed E-state index contributed by atoms with van der Waals surface area (Å²) < 4.78 is 2.30. The average molecular weight is 242 g/mol. The third-order valence-corrected chi connectivity index (χ3v) is 3.28. The molecule has 18 heavy (non-hydrogen) atoms. The molecule has 4 nitrogen and oxygen atoms in total. The largest absolute Gasteiger partial charge is 0.330 e. The molecule has 0 spiro atoms. The van der Waals surface area contributed by atoms with Crippen LogP contribution in [0.4, 0.5) is 0 Å². The first kappa shape index (κ1) is 11.4. The highest BCUT2D eigenvalue weighted by atomic mass is 15.1. The van der Waals surface area contributed by atoms with Crippen molar-refractivity contribution < 1.29 is 0 Å². The van der Waals surface area contributed by atoms with Crippen LogP contribution in [0.3, 0.4) is 0 Å². The van der Waals surface area contributed by atoms with Crippen molar-refractivity contribution in [1.29, 1.82) is 0 Å². The van der Waals surface area contributed by atoms with E-state index >= 15 is 0 Å². The standard InChI is InChI=1S/C14H18N4/c1-2-7-17-12(3-1)6-8-15-9-14-10-16-11-18(14)13-4-5-13/h1-3,7,10-11,13,15H,4-6,8-9H2. The highest BCUT2D eigenvalue weighted by molar-refractivity contribution is 5.05. The number of hydrogen-bond acceptors (Lipinski definition) is 3. The van der Waals surface area contributed by atoms with E-state index in [4.69, 9.17) is 0 Å². The van der Waals surface area contributed by atoms with Gasteiger partial charge in [-0.3, -0.25) is 4.98 Å². The lowest BCUT2D eigenvalue weighted by atomic mass is 10.3. The van der Waals surface area contributed by atoms with Crippen LogP contribution in [0.15, 0.2) is 36.9 Å². The summed E-state index contributed by atoms with van der Waals surface area (Å²) in [7, 11) is 0. The van der Waals surface area contributed by atoms with Crippen LogP contribution in [-0.4, -0.2) is 21.1 Å². The van der Waals surface area contributed by atoms with Gasteiger partial charge in [-0.05, 0) is 25.0 Å². The highest BCUT2D eigenvalue weighted by Gasteiger charge is 2.24. The quantitative estimate of drug-likeness (QED) is 0.787. The van der Waals surface area contributed by atoms with Crippen molar-refractivity contribution in [1.82, 2.24) is 19.9 Å². The topological polar surface area (TPSA) is 42.7 Å². The van der Waals surface area contributed by atoms with E-state index in [0.717, 1.165) is 25.2 Å². The Kier molecular flexibility index (Phi) is 3.37. The maximum Gasteiger partial charge on any atom is 0.0951 e. The normalized spacial score (nSPS) is 14.9. The van der Waals surface area contributed by atoms with Gasteiger partial charge in [-0.25, -0.2) is 4.98 Å². The molecule has 1 fully saturated rings. The van der Waals surface area contributed by atoms with E-state index in [9.17, 15) is 0 Å². The van der Waals surface area contributed by atoms with Crippen LogP contribution in [0, 0.1) is 0 Å². The van der Waals surface area contributed by atoms with Crippen molar-refractivity contribution >= 4 is 0 Å². The number of nitrogens with one attached hydrogen (secondary N) is 1. The van der Waals surface area contributed by atoms with Crippen LogP contribution in [-0.2, 0) is 13.0 Å². The molecule has 2 aromatic rings. The molecule has 3 rings (SSSR count). The molecule has 0 bridgehead atoms. The monoisotopic (exact) mass is 242 g/mol. The van der Waals surface area contributed by atoms with Gasteiger partial charge in [0.25, 0.3) is 0 Å². The zero-order valence-electron chi connectivity index (χ0n) is 10.4. The summed E-state index contributed by atoms with van der Waals surface area (Å²) in [4.78, 5) is 8.54. The van der Waals surface area contributed by atoms with Gasteiger partial charge < -0.3 is 9.88 Å². The molecule has 0 amide bonds. The molecule has 0 radical (unpaired) electrons. The fraction of sp³-hybridized carbons (Fsp3) is 0.429. The van der Waals surface area contributed by atoms with Crippen molar-refractivity contribution in [3.05, 3.63) is 48.3 Å². The van der Waals surface area contributed by atoms with Crippen LogP contribution in [0.5, 0.6) is 0 Å². The Labute approximate surface area is 107 Å². The summed E-state index contributed by atoms with van der Waals surface area (Å²) in [5, 5.41) is 3.46. The predicted molar refractivity (Wildman–Crippen MR) is 70.1 cm³/mol. The van der Waals surface area contributed by atoms with Crippen LogP contribution >= 0.6 is 0 Å². The molecule has 2 aromatic heterocycles. The zero-order chi connectivity index (χ0) is 12.2. The van der Waals surface area contributed by atoms with Crippen molar-refractivity contribution in [2.45, 2.75) is 31.8 Å². The summed E-state index contributed by atoms with van der Waals surface area (Å²) in [6.07, 6.45) is 9.34. The first-order valence-electron chi connectivity index (χ1n) is 6.55. The molecule has 2 heterocycles. The predicted octanol–water partition coefficient (Wildman–Crippen LogP) is 1.95. The lowest BCUT2D eigenvalue weighted by molar-refractivity contribution is 0.618.